The van der Waals surface area contributed by atoms with Gasteiger partial charge in [0.25, 0.3) is 17.3 Å². The molecule has 11 heteroatoms. The Morgan fingerprint density at radius 1 is 1.10 bits per heavy atom. The number of nitrogens with zero attached hydrogens (tertiary/aromatic N) is 4. The normalized spacial score (nSPS) is 13.4. The third-order valence-corrected chi connectivity index (χ3v) is 4.81. The lowest BCUT2D eigenvalue weighted by molar-refractivity contribution is -0.385. The Morgan fingerprint density at radius 2 is 1.79 bits per heavy atom. The summed E-state index contributed by atoms with van der Waals surface area (Å²) in [5, 5.41) is 21.9. The van der Waals surface area contributed by atoms with Gasteiger partial charge in [-0.1, -0.05) is 11.6 Å². The van der Waals surface area contributed by atoms with Crippen LogP contribution in [0, 0.1) is 20.2 Å². The summed E-state index contributed by atoms with van der Waals surface area (Å²) in [4.78, 5) is 48.7. The van der Waals surface area contributed by atoms with Gasteiger partial charge in [0.05, 0.1) is 9.85 Å². The maximum atomic E-state index is 13.1. The number of hydrogen-bond donors (Lipinski definition) is 0. The lowest BCUT2D eigenvalue weighted by Gasteiger charge is -2.28. The van der Waals surface area contributed by atoms with Crippen molar-refractivity contribution in [1.29, 1.82) is 0 Å². The maximum Gasteiger partial charge on any atom is 0.288 e. The molecule has 0 bridgehead atoms. The Kier molecular flexibility index (Phi) is 5.74. The molecule has 2 aromatic carbocycles. The minimum Gasteiger partial charge on any atom is -0.324 e. The number of amides is 2. The number of rotatable bonds is 6. The highest BCUT2D eigenvalue weighted by Gasteiger charge is 2.28. The van der Waals surface area contributed by atoms with E-state index in [1.54, 1.807) is 0 Å². The van der Waals surface area contributed by atoms with Crippen molar-refractivity contribution < 1.29 is 19.4 Å². The van der Waals surface area contributed by atoms with Crippen LogP contribution < -0.4 is 4.90 Å². The van der Waals surface area contributed by atoms with Crippen LogP contribution in [-0.2, 0) is 4.79 Å². The third kappa shape index (κ3) is 4.32. The van der Waals surface area contributed by atoms with Crippen LogP contribution in [0.4, 0.5) is 17.1 Å². The van der Waals surface area contributed by atoms with E-state index in [2.05, 4.69) is 0 Å². The smallest absolute Gasteiger partial charge is 0.288 e. The molecule has 0 N–H and O–H groups in total. The predicted octanol–water partition coefficient (Wildman–Crippen LogP) is 3.38. The monoisotopic (exact) mass is 418 g/mol. The van der Waals surface area contributed by atoms with Crippen LogP contribution in [0.15, 0.2) is 42.5 Å². The molecule has 3 rings (SSSR count). The topological polar surface area (TPSA) is 127 Å². The molecule has 1 aliphatic rings. The highest BCUT2D eigenvalue weighted by atomic mass is 35.5. The molecule has 0 spiro atoms. The van der Waals surface area contributed by atoms with Gasteiger partial charge >= 0.3 is 0 Å². The first-order chi connectivity index (χ1) is 13.8. The highest BCUT2D eigenvalue weighted by Crippen LogP contribution is 2.28. The number of benzene rings is 2. The van der Waals surface area contributed by atoms with Crippen LogP contribution in [0.2, 0.25) is 5.02 Å². The molecule has 0 aromatic heterocycles. The average molecular weight is 419 g/mol. The molecule has 1 saturated heterocycles. The standard InChI is InChI=1S/C18H15ClN4O6/c19-15-8-3-12(10-16(15)23(28)29)18(25)21(11-20-9-1-2-17(20)24)13-4-6-14(7-5-13)22(26)27/h3-8,10H,1-2,9,11H2. The van der Waals surface area contributed by atoms with Gasteiger partial charge in [-0.2, -0.15) is 0 Å². The minimum absolute atomic E-state index is 0.00565. The highest BCUT2D eigenvalue weighted by molar-refractivity contribution is 6.32. The van der Waals surface area contributed by atoms with E-state index in [1.807, 2.05) is 0 Å². The first-order valence-electron chi connectivity index (χ1n) is 8.56. The quantitative estimate of drug-likeness (QED) is 0.522. The zero-order chi connectivity index (χ0) is 21.1. The largest absolute Gasteiger partial charge is 0.324 e. The second kappa shape index (κ2) is 8.23. The second-order valence-corrected chi connectivity index (χ2v) is 6.74. The molecule has 0 atom stereocenters. The third-order valence-electron chi connectivity index (χ3n) is 4.49. The molecule has 0 saturated carbocycles. The summed E-state index contributed by atoms with van der Waals surface area (Å²) in [5.74, 6) is -0.717. The summed E-state index contributed by atoms with van der Waals surface area (Å²) in [6, 6.07) is 8.93. The van der Waals surface area contributed by atoms with E-state index in [1.165, 1.54) is 46.2 Å². The summed E-state index contributed by atoms with van der Waals surface area (Å²) in [6.45, 7) is 0.391. The van der Waals surface area contributed by atoms with Crippen LogP contribution in [0.25, 0.3) is 0 Å². The molecule has 1 heterocycles. The molecule has 0 unspecified atom stereocenters. The van der Waals surface area contributed by atoms with Crippen molar-refractivity contribution in [2.24, 2.45) is 0 Å². The molecule has 1 fully saturated rings. The van der Waals surface area contributed by atoms with E-state index < -0.39 is 21.4 Å². The van der Waals surface area contributed by atoms with Gasteiger partial charge in [0.1, 0.15) is 11.7 Å². The zero-order valence-electron chi connectivity index (χ0n) is 15.0. The first kappa shape index (κ1) is 20.2. The number of nitro benzene ring substituents is 2. The number of carbonyl (C=O) groups excluding carboxylic acids is 2. The van der Waals surface area contributed by atoms with Crippen molar-refractivity contribution >= 4 is 40.5 Å². The number of nitro groups is 2. The molecule has 2 aromatic rings. The van der Waals surface area contributed by atoms with Crippen molar-refractivity contribution in [3.05, 3.63) is 73.3 Å². The lowest BCUT2D eigenvalue weighted by Crippen LogP contribution is -2.42. The summed E-state index contributed by atoms with van der Waals surface area (Å²) in [7, 11) is 0. The molecule has 2 amide bonds. The number of anilines is 1. The fourth-order valence-electron chi connectivity index (χ4n) is 2.98. The Morgan fingerprint density at radius 3 is 2.34 bits per heavy atom. The van der Waals surface area contributed by atoms with Crippen LogP contribution in [0.1, 0.15) is 23.2 Å². The molecular formula is C18H15ClN4O6. The number of non-ortho nitro benzene ring substituents is 1. The van der Waals surface area contributed by atoms with E-state index in [4.69, 9.17) is 11.6 Å². The van der Waals surface area contributed by atoms with Gasteiger partial charge in [-0.15, -0.1) is 0 Å². The second-order valence-electron chi connectivity index (χ2n) is 6.33. The van der Waals surface area contributed by atoms with E-state index >= 15 is 0 Å². The summed E-state index contributed by atoms with van der Waals surface area (Å²) < 4.78 is 0. The number of hydrogen-bond acceptors (Lipinski definition) is 6. The van der Waals surface area contributed by atoms with Crippen molar-refractivity contribution in [2.45, 2.75) is 12.8 Å². The Hall–Kier alpha value is -3.53. The lowest BCUT2D eigenvalue weighted by atomic mass is 10.1. The maximum absolute atomic E-state index is 13.1. The van der Waals surface area contributed by atoms with Crippen molar-refractivity contribution in [3.63, 3.8) is 0 Å². The van der Waals surface area contributed by atoms with Crippen LogP contribution in [0.5, 0.6) is 0 Å². The fraction of sp³-hybridized carbons (Fsp3) is 0.222. The molecule has 1 aliphatic heterocycles. The van der Waals surface area contributed by atoms with E-state index in [9.17, 15) is 29.8 Å². The number of likely N-dealkylation sites (tertiary alicyclic amines) is 1. The summed E-state index contributed by atoms with van der Waals surface area (Å²) in [5.41, 5.74) is -0.247. The van der Waals surface area contributed by atoms with Gasteiger partial charge in [-0.3, -0.25) is 34.7 Å². The van der Waals surface area contributed by atoms with Crippen molar-refractivity contribution in [1.82, 2.24) is 4.90 Å². The summed E-state index contributed by atoms with van der Waals surface area (Å²) >= 11 is 5.81. The van der Waals surface area contributed by atoms with Gasteiger partial charge in [0.2, 0.25) is 5.91 Å². The molecular weight excluding hydrogens is 404 g/mol. The molecule has 29 heavy (non-hydrogen) atoms. The molecule has 150 valence electrons. The predicted molar refractivity (Wildman–Crippen MR) is 104 cm³/mol. The SMILES string of the molecule is O=C1CCCN1CN(C(=O)c1ccc(Cl)c([N+](=O)[O-])c1)c1ccc([N+](=O)[O-])cc1. The summed E-state index contributed by atoms with van der Waals surface area (Å²) in [6.07, 6.45) is 1.03. The first-order valence-corrected chi connectivity index (χ1v) is 8.94. The van der Waals surface area contributed by atoms with Crippen LogP contribution >= 0.6 is 11.6 Å². The molecule has 10 nitrogen and oxygen atoms in total. The fourth-order valence-corrected chi connectivity index (χ4v) is 3.17. The minimum atomic E-state index is -0.695. The van der Waals surface area contributed by atoms with Crippen molar-refractivity contribution in [3.8, 4) is 0 Å². The Bertz CT molecular complexity index is 994. The Labute approximate surface area is 169 Å². The van der Waals surface area contributed by atoms with E-state index in [0.717, 1.165) is 6.07 Å². The zero-order valence-corrected chi connectivity index (χ0v) is 15.7. The Balaban J connectivity index is 1.98. The van der Waals surface area contributed by atoms with Crippen LogP contribution in [0.3, 0.4) is 0 Å². The van der Waals surface area contributed by atoms with Gasteiger partial charge in [0.15, 0.2) is 0 Å². The molecule has 0 radical (unpaired) electrons. The average Bonchev–Trinajstić information content (AvgIpc) is 3.10. The van der Waals surface area contributed by atoms with Crippen LogP contribution in [-0.4, -0.2) is 39.8 Å². The van der Waals surface area contributed by atoms with E-state index in [0.29, 0.717) is 25.1 Å². The number of halogens is 1. The van der Waals surface area contributed by atoms with Gasteiger partial charge in [0, 0.05) is 42.4 Å². The molecule has 0 aliphatic carbocycles. The number of carbonyl (C=O) groups is 2. The van der Waals surface area contributed by atoms with Gasteiger partial charge < -0.3 is 4.90 Å². The van der Waals surface area contributed by atoms with Gasteiger partial charge in [-0.05, 0) is 30.7 Å². The van der Waals surface area contributed by atoms with E-state index in [-0.39, 0.29) is 28.8 Å². The van der Waals surface area contributed by atoms with Gasteiger partial charge in [-0.25, -0.2) is 0 Å². The van der Waals surface area contributed by atoms with Crippen molar-refractivity contribution in [2.75, 3.05) is 18.1 Å².